The van der Waals surface area contributed by atoms with Crippen molar-refractivity contribution in [1.29, 1.82) is 0 Å². The number of aromatic nitrogens is 1. The van der Waals surface area contributed by atoms with Crippen LogP contribution in [-0.2, 0) is 0 Å². The van der Waals surface area contributed by atoms with Crippen molar-refractivity contribution in [2.45, 2.75) is 0 Å². The minimum absolute atomic E-state index is 0.337. The maximum Gasteiger partial charge on any atom is 0.414 e. The lowest BCUT2D eigenvalue weighted by Gasteiger charge is -2.09. The molecule has 15 heavy (non-hydrogen) atoms. The molecule has 0 radical (unpaired) electrons. The lowest BCUT2D eigenvalue weighted by molar-refractivity contribution is 0.171. The summed E-state index contributed by atoms with van der Waals surface area (Å²) < 4.78 is 4.93. The van der Waals surface area contributed by atoms with E-state index < -0.39 is 6.09 Å². The molecule has 1 heterocycles. The van der Waals surface area contributed by atoms with E-state index in [4.69, 9.17) is 9.94 Å². The summed E-state index contributed by atoms with van der Waals surface area (Å²) in [5.41, 5.74) is 0.474. The number of carbonyl (C=O) groups is 1. The van der Waals surface area contributed by atoms with Gasteiger partial charge in [0.25, 0.3) is 0 Å². The van der Waals surface area contributed by atoms with E-state index in [1.165, 1.54) is 17.3 Å². The van der Waals surface area contributed by atoms with Crippen LogP contribution in [0.5, 0.6) is 5.75 Å². The van der Waals surface area contributed by atoms with E-state index in [2.05, 4.69) is 10.1 Å². The van der Waals surface area contributed by atoms with Crippen LogP contribution in [0.25, 0.3) is 0 Å². The van der Waals surface area contributed by atoms with E-state index >= 15 is 0 Å². The van der Waals surface area contributed by atoms with Gasteiger partial charge in [-0.15, -0.1) is 0 Å². The largest absolute Gasteiger partial charge is 0.414 e. The van der Waals surface area contributed by atoms with E-state index in [0.29, 0.717) is 11.4 Å². The van der Waals surface area contributed by atoms with Crippen LogP contribution in [0.2, 0.25) is 0 Å². The third kappa shape index (κ3) is 3.26. The molecule has 1 N–H and O–H groups in total. The van der Waals surface area contributed by atoms with Crippen LogP contribution in [0.3, 0.4) is 0 Å². The number of ether oxygens (including phenoxy) is 1. The molecule has 0 fully saturated rings. The van der Waals surface area contributed by atoms with Gasteiger partial charge in [0.1, 0.15) is 0 Å². The van der Waals surface area contributed by atoms with E-state index in [-0.39, 0.29) is 0 Å². The molecule has 0 saturated heterocycles. The molecule has 0 unspecified atom stereocenters. The quantitative estimate of drug-likeness (QED) is 0.447. The summed E-state index contributed by atoms with van der Waals surface area (Å²) in [6.07, 6.45) is 2.08. The molecule has 1 aromatic rings. The molecule has 1 aromatic heterocycles. The number of hydrogen-bond donors (Lipinski definition) is 1. The molecule has 6 heteroatoms. The number of hydrogen-bond acceptors (Lipinski definition) is 5. The van der Waals surface area contributed by atoms with Crippen molar-refractivity contribution in [3.05, 3.63) is 24.0 Å². The molecular formula is C9H11N3O3. The Kier molecular flexibility index (Phi) is 3.61. The standard InChI is InChI=1S/C9H11N3O3/c1-12(2)9(13)15-8-4-3-7(5-11-14)10-6-8/h3-6,14H,1-2H3/b11-5+. The number of pyridine rings is 1. The second-order valence-corrected chi connectivity index (χ2v) is 2.93. The fourth-order valence-corrected chi connectivity index (χ4v) is 0.780. The zero-order valence-electron chi connectivity index (χ0n) is 8.41. The lowest BCUT2D eigenvalue weighted by atomic mass is 10.3. The predicted octanol–water partition coefficient (Wildman–Crippen LogP) is 0.950. The van der Waals surface area contributed by atoms with Crippen LogP contribution < -0.4 is 4.74 Å². The molecule has 0 aliphatic heterocycles. The van der Waals surface area contributed by atoms with Crippen LogP contribution in [0.1, 0.15) is 5.69 Å². The van der Waals surface area contributed by atoms with E-state index in [1.807, 2.05) is 0 Å². The van der Waals surface area contributed by atoms with Gasteiger partial charge in [-0.3, -0.25) is 4.98 Å². The molecule has 0 aromatic carbocycles. The van der Waals surface area contributed by atoms with Gasteiger partial charge in [-0.05, 0) is 12.1 Å². The number of amides is 1. The third-order valence-corrected chi connectivity index (χ3v) is 1.52. The molecule has 0 aliphatic rings. The van der Waals surface area contributed by atoms with Crippen molar-refractivity contribution in [2.75, 3.05) is 14.1 Å². The van der Waals surface area contributed by atoms with E-state index in [9.17, 15) is 4.79 Å². The highest BCUT2D eigenvalue weighted by Gasteiger charge is 2.06. The normalized spacial score (nSPS) is 10.3. The topological polar surface area (TPSA) is 75.0 Å². The second-order valence-electron chi connectivity index (χ2n) is 2.93. The van der Waals surface area contributed by atoms with Crippen LogP contribution >= 0.6 is 0 Å². The van der Waals surface area contributed by atoms with Crippen molar-refractivity contribution in [3.8, 4) is 5.75 Å². The minimum atomic E-state index is -0.472. The van der Waals surface area contributed by atoms with Gasteiger partial charge in [0, 0.05) is 14.1 Å². The minimum Gasteiger partial charge on any atom is -0.411 e. The van der Waals surface area contributed by atoms with Crippen LogP contribution in [0.4, 0.5) is 4.79 Å². The van der Waals surface area contributed by atoms with Gasteiger partial charge in [-0.1, -0.05) is 5.16 Å². The molecule has 1 amide bonds. The fraction of sp³-hybridized carbons (Fsp3) is 0.222. The van der Waals surface area contributed by atoms with Crippen LogP contribution in [0.15, 0.2) is 23.5 Å². The van der Waals surface area contributed by atoms with E-state index in [0.717, 1.165) is 0 Å². The van der Waals surface area contributed by atoms with E-state index in [1.54, 1.807) is 26.2 Å². The summed E-state index contributed by atoms with van der Waals surface area (Å²) in [7, 11) is 3.17. The van der Waals surface area contributed by atoms with Gasteiger partial charge < -0.3 is 14.8 Å². The number of oxime groups is 1. The first-order valence-electron chi connectivity index (χ1n) is 4.16. The van der Waals surface area contributed by atoms with Crippen LogP contribution in [-0.4, -0.2) is 41.5 Å². The summed E-state index contributed by atoms with van der Waals surface area (Å²) in [6, 6.07) is 3.13. The monoisotopic (exact) mass is 209 g/mol. The highest BCUT2D eigenvalue weighted by Crippen LogP contribution is 2.09. The zero-order chi connectivity index (χ0) is 11.3. The highest BCUT2D eigenvalue weighted by atomic mass is 16.6. The number of carbonyl (C=O) groups excluding carboxylic acids is 1. The molecule has 6 nitrogen and oxygen atoms in total. The molecule has 1 rings (SSSR count). The van der Waals surface area contributed by atoms with Crippen molar-refractivity contribution in [2.24, 2.45) is 5.16 Å². The SMILES string of the molecule is CN(C)C(=O)Oc1ccc(/C=N/O)nc1. The Morgan fingerprint density at radius 3 is 2.80 bits per heavy atom. The molecule has 80 valence electrons. The van der Waals surface area contributed by atoms with Crippen molar-refractivity contribution in [1.82, 2.24) is 9.88 Å². The smallest absolute Gasteiger partial charge is 0.411 e. The van der Waals surface area contributed by atoms with Gasteiger partial charge in [0.2, 0.25) is 0 Å². The number of rotatable bonds is 2. The Balaban J connectivity index is 2.68. The summed E-state index contributed by atoms with van der Waals surface area (Å²) in [5, 5.41) is 11.1. The second kappa shape index (κ2) is 4.94. The summed E-state index contributed by atoms with van der Waals surface area (Å²) in [5.74, 6) is 0.337. The van der Waals surface area contributed by atoms with Gasteiger partial charge in [-0.2, -0.15) is 0 Å². The fourth-order valence-electron chi connectivity index (χ4n) is 0.780. The Morgan fingerprint density at radius 2 is 2.33 bits per heavy atom. The van der Waals surface area contributed by atoms with Crippen molar-refractivity contribution in [3.63, 3.8) is 0 Å². The Morgan fingerprint density at radius 1 is 1.60 bits per heavy atom. The molecule has 0 atom stereocenters. The summed E-state index contributed by atoms with van der Waals surface area (Å²) in [6.45, 7) is 0. The average molecular weight is 209 g/mol. The highest BCUT2D eigenvalue weighted by molar-refractivity contribution is 5.76. The molecule has 0 aliphatic carbocycles. The number of nitrogens with zero attached hydrogens (tertiary/aromatic N) is 3. The van der Waals surface area contributed by atoms with Crippen molar-refractivity contribution < 1.29 is 14.7 Å². The van der Waals surface area contributed by atoms with Gasteiger partial charge >= 0.3 is 6.09 Å². The third-order valence-electron chi connectivity index (χ3n) is 1.52. The maximum absolute atomic E-state index is 11.1. The first-order chi connectivity index (χ1) is 7.13. The summed E-state index contributed by atoms with van der Waals surface area (Å²) in [4.78, 5) is 16.3. The molecule has 0 bridgehead atoms. The molecule has 0 spiro atoms. The molecular weight excluding hydrogens is 198 g/mol. The lowest BCUT2D eigenvalue weighted by Crippen LogP contribution is -2.25. The van der Waals surface area contributed by atoms with Crippen LogP contribution in [0, 0.1) is 0 Å². The van der Waals surface area contributed by atoms with Crippen molar-refractivity contribution >= 4 is 12.3 Å². The van der Waals surface area contributed by atoms with Gasteiger partial charge in [0.15, 0.2) is 5.75 Å². The predicted molar refractivity (Wildman–Crippen MR) is 53.3 cm³/mol. The van der Waals surface area contributed by atoms with Gasteiger partial charge in [-0.25, -0.2) is 4.79 Å². The first-order valence-corrected chi connectivity index (χ1v) is 4.16. The molecule has 0 saturated carbocycles. The zero-order valence-corrected chi connectivity index (χ0v) is 8.41. The Hall–Kier alpha value is -2.11. The van der Waals surface area contributed by atoms with Gasteiger partial charge in [0.05, 0.1) is 18.1 Å². The Bertz CT molecular complexity index is 359. The Labute approximate surface area is 86.8 Å². The summed E-state index contributed by atoms with van der Waals surface area (Å²) >= 11 is 0. The first kappa shape index (κ1) is 11.0. The average Bonchev–Trinajstić information content (AvgIpc) is 2.21. The maximum atomic E-state index is 11.1.